The number of nitrogens with zero attached hydrogens (tertiary/aromatic N) is 4. The number of amides is 1. The van der Waals surface area contributed by atoms with Gasteiger partial charge in [0.1, 0.15) is 5.75 Å². The maximum atomic E-state index is 12.7. The first-order chi connectivity index (χ1) is 19.2. The fraction of sp³-hybridized carbons (Fsp3) is 0.188. The molecular weight excluding hydrogens is 518 g/mol. The van der Waals surface area contributed by atoms with E-state index in [1.165, 1.54) is 23.5 Å². The molecule has 0 aliphatic carbocycles. The summed E-state index contributed by atoms with van der Waals surface area (Å²) < 4.78 is 1.97. The molecule has 7 nitrogen and oxygen atoms in total. The zero-order valence-electron chi connectivity index (χ0n) is 22.9. The molecule has 1 heterocycles. The van der Waals surface area contributed by atoms with Gasteiger partial charge in [-0.25, -0.2) is 5.43 Å². The lowest BCUT2D eigenvalue weighted by molar-refractivity contribution is -0.118. The molecule has 40 heavy (non-hydrogen) atoms. The summed E-state index contributed by atoms with van der Waals surface area (Å²) in [5.41, 5.74) is 7.40. The minimum Gasteiger partial charge on any atom is -0.507 e. The third kappa shape index (κ3) is 5.92. The van der Waals surface area contributed by atoms with Crippen LogP contribution >= 0.6 is 11.8 Å². The van der Waals surface area contributed by atoms with Gasteiger partial charge in [-0.2, -0.15) is 5.10 Å². The van der Waals surface area contributed by atoms with E-state index in [2.05, 4.69) is 65.8 Å². The lowest BCUT2D eigenvalue weighted by Crippen LogP contribution is -2.20. The zero-order valence-corrected chi connectivity index (χ0v) is 23.7. The number of phenolic OH excluding ortho intramolecular Hbond substituents is 1. The number of hydrazone groups is 1. The van der Waals surface area contributed by atoms with Crippen molar-refractivity contribution in [1.82, 2.24) is 20.2 Å². The Morgan fingerprint density at radius 2 is 1.70 bits per heavy atom. The number of rotatable bonds is 7. The molecule has 2 N–H and O–H groups in total. The summed E-state index contributed by atoms with van der Waals surface area (Å²) in [6.07, 6.45) is 1.47. The number of benzene rings is 4. The van der Waals surface area contributed by atoms with E-state index in [4.69, 9.17) is 0 Å². The first-order valence-corrected chi connectivity index (χ1v) is 14.0. The molecule has 5 aromatic rings. The number of fused-ring (bicyclic) bond motifs is 1. The summed E-state index contributed by atoms with van der Waals surface area (Å²) in [5.74, 6) is 0.596. The molecule has 0 unspecified atom stereocenters. The number of thioether (sulfide) groups is 1. The van der Waals surface area contributed by atoms with Crippen molar-refractivity contribution in [2.75, 3.05) is 5.75 Å². The number of aryl methyl sites for hydroxylation is 1. The summed E-state index contributed by atoms with van der Waals surface area (Å²) in [4.78, 5) is 12.7. The van der Waals surface area contributed by atoms with Crippen LogP contribution in [0.1, 0.15) is 37.5 Å². The van der Waals surface area contributed by atoms with Crippen LogP contribution in [0, 0.1) is 6.92 Å². The number of carbonyl (C=O) groups excluding carboxylic acids is 1. The van der Waals surface area contributed by atoms with Gasteiger partial charge in [-0.05, 0) is 46.9 Å². The minimum absolute atomic E-state index is 0.0480. The van der Waals surface area contributed by atoms with E-state index in [-0.39, 0.29) is 22.8 Å². The highest BCUT2D eigenvalue weighted by atomic mass is 32.2. The van der Waals surface area contributed by atoms with Gasteiger partial charge in [0.15, 0.2) is 11.0 Å². The number of aromatic hydroxyl groups is 1. The van der Waals surface area contributed by atoms with E-state index >= 15 is 0 Å². The smallest absolute Gasteiger partial charge is 0.250 e. The molecule has 1 aromatic heterocycles. The predicted molar refractivity (Wildman–Crippen MR) is 162 cm³/mol. The minimum atomic E-state index is -0.296. The van der Waals surface area contributed by atoms with Gasteiger partial charge in [-0.15, -0.1) is 10.2 Å². The SMILES string of the molecule is Cc1ccc(-n2c(SCC(=O)NN=Cc3c(O)ccc4ccccc34)nnc2-c2ccc(C(C)(C)C)cc2)cc1. The molecular formula is C32H31N5O2S. The van der Waals surface area contributed by atoms with Crippen molar-refractivity contribution >= 4 is 34.7 Å². The van der Waals surface area contributed by atoms with Crippen molar-refractivity contribution in [2.24, 2.45) is 5.10 Å². The normalized spacial score (nSPS) is 11.8. The Hall–Kier alpha value is -4.43. The standard InChI is InChI=1S/C32H31N5O2S/c1-21-9-16-25(17-10-21)37-30(23-11-14-24(15-12-23)32(2,3)4)35-36-31(37)40-20-29(39)34-33-19-27-26-8-6-5-7-22(26)13-18-28(27)38/h5-19,38H,20H2,1-4H3,(H,34,39). The van der Waals surface area contributed by atoms with Gasteiger partial charge >= 0.3 is 0 Å². The summed E-state index contributed by atoms with van der Waals surface area (Å²) in [7, 11) is 0. The third-order valence-corrected chi connectivity index (χ3v) is 7.53. The van der Waals surface area contributed by atoms with Gasteiger partial charge in [0.05, 0.1) is 12.0 Å². The van der Waals surface area contributed by atoms with Crippen LogP contribution in [-0.2, 0) is 10.2 Å². The lowest BCUT2D eigenvalue weighted by atomic mass is 9.87. The molecule has 1 amide bonds. The van der Waals surface area contributed by atoms with E-state index in [9.17, 15) is 9.90 Å². The molecule has 0 atom stereocenters. The van der Waals surface area contributed by atoms with Crippen molar-refractivity contribution in [3.63, 3.8) is 0 Å². The average Bonchev–Trinajstić information content (AvgIpc) is 3.37. The van der Waals surface area contributed by atoms with Crippen LogP contribution in [0.3, 0.4) is 0 Å². The Kier molecular flexibility index (Phi) is 7.71. The highest BCUT2D eigenvalue weighted by molar-refractivity contribution is 7.99. The monoisotopic (exact) mass is 549 g/mol. The van der Waals surface area contributed by atoms with Gasteiger partial charge in [0, 0.05) is 16.8 Å². The Labute approximate surface area is 238 Å². The number of hydrogen-bond acceptors (Lipinski definition) is 6. The van der Waals surface area contributed by atoms with Crippen LogP contribution in [0.2, 0.25) is 0 Å². The number of phenols is 1. The average molecular weight is 550 g/mol. The molecule has 0 fully saturated rings. The van der Waals surface area contributed by atoms with Gasteiger partial charge in [0.2, 0.25) is 0 Å². The lowest BCUT2D eigenvalue weighted by Gasteiger charge is -2.19. The molecule has 0 aliphatic heterocycles. The summed E-state index contributed by atoms with van der Waals surface area (Å²) in [6.45, 7) is 8.60. The molecule has 4 aromatic carbocycles. The summed E-state index contributed by atoms with van der Waals surface area (Å²) in [5, 5.41) is 25.8. The molecule has 0 bridgehead atoms. The second-order valence-corrected chi connectivity index (χ2v) is 11.5. The highest BCUT2D eigenvalue weighted by Gasteiger charge is 2.19. The predicted octanol–water partition coefficient (Wildman–Crippen LogP) is 6.64. The molecule has 0 radical (unpaired) electrons. The van der Waals surface area contributed by atoms with Crippen LogP contribution < -0.4 is 5.43 Å². The maximum Gasteiger partial charge on any atom is 0.250 e. The second-order valence-electron chi connectivity index (χ2n) is 10.6. The number of aromatic nitrogens is 3. The number of hydrogen-bond donors (Lipinski definition) is 2. The second kappa shape index (κ2) is 11.4. The maximum absolute atomic E-state index is 12.7. The fourth-order valence-corrected chi connectivity index (χ4v) is 5.09. The fourth-order valence-electron chi connectivity index (χ4n) is 4.35. The third-order valence-electron chi connectivity index (χ3n) is 6.60. The van der Waals surface area contributed by atoms with Crippen LogP contribution in [0.15, 0.2) is 95.2 Å². The quantitative estimate of drug-likeness (QED) is 0.135. The van der Waals surface area contributed by atoms with Crippen molar-refractivity contribution < 1.29 is 9.90 Å². The Morgan fingerprint density at radius 1 is 0.975 bits per heavy atom. The summed E-state index contributed by atoms with van der Waals surface area (Å²) in [6, 6.07) is 27.6. The van der Waals surface area contributed by atoms with Crippen molar-refractivity contribution in [3.05, 3.63) is 102 Å². The largest absolute Gasteiger partial charge is 0.507 e. The van der Waals surface area contributed by atoms with Crippen LogP contribution in [0.25, 0.3) is 27.8 Å². The van der Waals surface area contributed by atoms with Crippen LogP contribution in [0.4, 0.5) is 0 Å². The van der Waals surface area contributed by atoms with Gasteiger partial charge in [-0.1, -0.05) is 105 Å². The number of nitrogens with one attached hydrogen (secondary N) is 1. The van der Waals surface area contributed by atoms with Crippen LogP contribution in [0.5, 0.6) is 5.75 Å². The van der Waals surface area contributed by atoms with Gasteiger partial charge in [-0.3, -0.25) is 9.36 Å². The van der Waals surface area contributed by atoms with Gasteiger partial charge in [0.25, 0.3) is 5.91 Å². The van der Waals surface area contributed by atoms with E-state index in [0.29, 0.717) is 16.5 Å². The van der Waals surface area contributed by atoms with E-state index in [1.54, 1.807) is 6.07 Å². The summed E-state index contributed by atoms with van der Waals surface area (Å²) >= 11 is 1.28. The highest BCUT2D eigenvalue weighted by Crippen LogP contribution is 2.30. The van der Waals surface area contributed by atoms with Crippen molar-refractivity contribution in [3.8, 4) is 22.8 Å². The van der Waals surface area contributed by atoms with E-state index in [0.717, 1.165) is 27.6 Å². The number of carbonyl (C=O) groups is 1. The Balaban J connectivity index is 1.35. The van der Waals surface area contributed by atoms with Crippen LogP contribution in [-0.4, -0.2) is 37.7 Å². The van der Waals surface area contributed by atoms with Crippen molar-refractivity contribution in [2.45, 2.75) is 38.3 Å². The molecule has 202 valence electrons. The Morgan fingerprint density at radius 3 is 2.42 bits per heavy atom. The molecule has 8 heteroatoms. The van der Waals surface area contributed by atoms with E-state index in [1.807, 2.05) is 66.1 Å². The molecule has 0 aliphatic rings. The first-order valence-electron chi connectivity index (χ1n) is 13.0. The molecule has 0 saturated heterocycles. The van der Waals surface area contributed by atoms with E-state index < -0.39 is 0 Å². The zero-order chi connectivity index (χ0) is 28.3. The molecule has 5 rings (SSSR count). The molecule has 0 saturated carbocycles. The first kappa shape index (κ1) is 27.1. The van der Waals surface area contributed by atoms with Crippen molar-refractivity contribution in [1.29, 1.82) is 0 Å². The Bertz CT molecular complexity index is 1680. The topological polar surface area (TPSA) is 92.4 Å². The molecule has 0 spiro atoms. The van der Waals surface area contributed by atoms with Gasteiger partial charge < -0.3 is 5.11 Å².